The first kappa shape index (κ1) is 20.9. The van der Waals surface area contributed by atoms with Crippen LogP contribution in [-0.4, -0.2) is 43.7 Å². The van der Waals surface area contributed by atoms with Crippen LogP contribution in [0.1, 0.15) is 44.9 Å². The highest BCUT2D eigenvalue weighted by atomic mass is 32.2. The van der Waals surface area contributed by atoms with Crippen LogP contribution in [0.25, 0.3) is 0 Å². The van der Waals surface area contributed by atoms with Gasteiger partial charge in [0.25, 0.3) is 10.0 Å². The van der Waals surface area contributed by atoms with Gasteiger partial charge in [0.1, 0.15) is 6.04 Å². The number of carboxylic acids is 1. The van der Waals surface area contributed by atoms with Gasteiger partial charge in [-0.25, -0.2) is 8.42 Å². The third-order valence-corrected chi connectivity index (χ3v) is 5.46. The van der Waals surface area contributed by atoms with Gasteiger partial charge in [0.15, 0.2) is 0 Å². The first-order chi connectivity index (χ1) is 11.0. The molecule has 0 aliphatic heterocycles. The minimum absolute atomic E-state index is 0.306. The Hall–Kier alpha value is -1.16. The Kier molecular flexibility index (Phi) is 7.65. The zero-order valence-corrected chi connectivity index (χ0v) is 14.0. The molecule has 0 aromatic carbocycles. The number of halogens is 3. The minimum atomic E-state index is -4.44. The number of hydrogen-bond acceptors (Lipinski definition) is 4. The van der Waals surface area contributed by atoms with Crippen molar-refractivity contribution in [1.82, 2.24) is 0 Å². The van der Waals surface area contributed by atoms with Crippen molar-refractivity contribution in [2.45, 2.75) is 57.2 Å². The molecule has 1 aliphatic rings. The fourth-order valence-corrected chi connectivity index (χ4v) is 3.87. The highest BCUT2D eigenvalue weighted by Gasteiger charge is 2.44. The molecule has 140 valence electrons. The number of nitrogens with two attached hydrogens (primary N) is 1. The minimum Gasteiger partial charge on any atom is -0.480 e. The molecule has 0 aromatic rings. The lowest BCUT2D eigenvalue weighted by molar-refractivity contribution is -0.192. The third-order valence-electron chi connectivity index (χ3n) is 4.24. The Morgan fingerprint density at radius 2 is 1.88 bits per heavy atom. The molecule has 1 aliphatic carbocycles. The van der Waals surface area contributed by atoms with Gasteiger partial charge >= 0.3 is 12.1 Å². The normalized spacial score (nSPS) is 20.2. The van der Waals surface area contributed by atoms with Crippen LogP contribution in [0.3, 0.4) is 0 Å². The van der Waals surface area contributed by atoms with Gasteiger partial charge in [0, 0.05) is 12.6 Å². The number of carbonyl (C=O) groups is 1. The molecule has 1 fully saturated rings. The molecule has 0 radical (unpaired) electrons. The Morgan fingerprint density at radius 3 is 2.38 bits per heavy atom. The molecule has 3 N–H and O–H groups in total. The first-order valence-electron chi connectivity index (χ1n) is 7.84. The maximum Gasteiger partial charge on any atom is 0.392 e. The summed E-state index contributed by atoms with van der Waals surface area (Å²) in [6.07, 6.45) is -1.15. The number of hydrogen-bond donors (Lipinski definition) is 2. The van der Waals surface area contributed by atoms with Gasteiger partial charge < -0.3 is 10.8 Å². The van der Waals surface area contributed by atoms with Gasteiger partial charge in [0.2, 0.25) is 0 Å². The number of rotatable bonds is 8. The number of aliphatic carboxylic acids is 1. The smallest absolute Gasteiger partial charge is 0.392 e. The largest absolute Gasteiger partial charge is 0.480 e. The zero-order valence-electron chi connectivity index (χ0n) is 13.2. The molecule has 0 aromatic heterocycles. The predicted molar refractivity (Wildman–Crippen MR) is 83.2 cm³/mol. The van der Waals surface area contributed by atoms with Crippen molar-refractivity contribution < 1.29 is 31.5 Å². The Balaban J connectivity index is 2.64. The molecule has 0 heterocycles. The molecular formula is C14H23F3N2O4S. The van der Waals surface area contributed by atoms with Crippen molar-refractivity contribution in [3.05, 3.63) is 0 Å². The van der Waals surface area contributed by atoms with Crippen LogP contribution >= 0.6 is 0 Å². The van der Waals surface area contributed by atoms with Crippen molar-refractivity contribution in [3.8, 4) is 0 Å². The Labute approximate surface area is 139 Å². The van der Waals surface area contributed by atoms with Gasteiger partial charge in [0.05, 0.1) is 11.7 Å². The van der Waals surface area contributed by atoms with Crippen molar-refractivity contribution in [3.63, 3.8) is 0 Å². The number of alkyl halides is 3. The topological polar surface area (TPSA) is 110 Å². The van der Waals surface area contributed by atoms with E-state index in [2.05, 4.69) is 4.40 Å². The van der Waals surface area contributed by atoms with E-state index in [1.807, 2.05) is 0 Å². The molecule has 0 saturated heterocycles. The van der Waals surface area contributed by atoms with Gasteiger partial charge in [-0.15, -0.1) is 0 Å². The van der Waals surface area contributed by atoms with Crippen molar-refractivity contribution in [2.24, 2.45) is 22.0 Å². The Bertz CT molecular complexity index is 543. The Morgan fingerprint density at radius 1 is 1.29 bits per heavy atom. The van der Waals surface area contributed by atoms with E-state index in [0.29, 0.717) is 12.8 Å². The molecule has 24 heavy (non-hydrogen) atoms. The molecule has 1 rings (SSSR count). The molecule has 0 spiro atoms. The zero-order chi connectivity index (χ0) is 18.4. The second kappa shape index (κ2) is 8.80. The second-order valence-electron chi connectivity index (χ2n) is 6.09. The first-order valence-corrected chi connectivity index (χ1v) is 9.45. The van der Waals surface area contributed by atoms with E-state index in [-0.39, 0.29) is 6.42 Å². The summed E-state index contributed by atoms with van der Waals surface area (Å²) in [7, 11) is -4.08. The van der Waals surface area contributed by atoms with Crippen LogP contribution in [-0.2, 0) is 14.8 Å². The molecular weight excluding hydrogens is 349 g/mol. The average Bonchev–Trinajstić information content (AvgIpc) is 2.46. The monoisotopic (exact) mass is 372 g/mol. The molecule has 6 nitrogen and oxygen atoms in total. The van der Waals surface area contributed by atoms with E-state index < -0.39 is 52.2 Å². The number of sulfonamides is 1. The predicted octanol–water partition coefficient (Wildman–Crippen LogP) is 2.34. The summed E-state index contributed by atoms with van der Waals surface area (Å²) in [5.41, 5.74) is 5.19. The summed E-state index contributed by atoms with van der Waals surface area (Å²) in [5, 5.41) is 8.56. The summed E-state index contributed by atoms with van der Waals surface area (Å²) in [4.78, 5) is 10.5. The lowest BCUT2D eigenvalue weighted by atomic mass is 9.78. The van der Waals surface area contributed by atoms with Crippen molar-refractivity contribution in [2.75, 3.05) is 5.75 Å². The molecule has 1 unspecified atom stereocenters. The van der Waals surface area contributed by atoms with E-state index in [0.717, 1.165) is 25.5 Å². The lowest BCUT2D eigenvalue weighted by Crippen LogP contribution is -2.33. The van der Waals surface area contributed by atoms with Crippen LogP contribution in [0, 0.1) is 11.8 Å². The summed E-state index contributed by atoms with van der Waals surface area (Å²) < 4.78 is 66.3. The number of nitrogens with zero attached hydrogens (tertiary/aromatic N) is 1. The summed E-state index contributed by atoms with van der Waals surface area (Å²) in [5.74, 6) is -4.22. The van der Waals surface area contributed by atoms with Crippen LogP contribution < -0.4 is 5.73 Å². The van der Waals surface area contributed by atoms with Crippen LogP contribution in [0.4, 0.5) is 13.2 Å². The van der Waals surface area contributed by atoms with Crippen LogP contribution in [0.2, 0.25) is 0 Å². The lowest BCUT2D eigenvalue weighted by Gasteiger charge is -2.31. The maximum atomic E-state index is 13.2. The SMILES string of the molecule is N[C@@H](CC=NS(=O)(=O)CCC(C1CCCCC1)C(F)(F)F)C(=O)O. The standard InChI is InChI=1S/C14H23F3N2O4S/c15-14(16,17)11(10-4-2-1-3-5-10)7-9-24(22,23)19-8-6-12(18)13(20)21/h8,10-12H,1-7,9,18H2,(H,20,21)/t11?,12-/m0/s1. The third kappa shape index (κ3) is 7.16. The molecule has 0 bridgehead atoms. The van der Waals surface area contributed by atoms with Crippen LogP contribution in [0.5, 0.6) is 0 Å². The molecule has 10 heteroatoms. The van der Waals surface area contributed by atoms with Gasteiger partial charge in [-0.05, 0) is 25.2 Å². The summed E-state index contributed by atoms with van der Waals surface area (Å²) in [6.45, 7) is 0. The number of carboxylic acid groups (broad SMARTS) is 1. The van der Waals surface area contributed by atoms with E-state index in [4.69, 9.17) is 10.8 Å². The molecule has 0 amide bonds. The van der Waals surface area contributed by atoms with Gasteiger partial charge in [-0.2, -0.15) is 17.6 Å². The fourth-order valence-electron chi connectivity index (χ4n) is 2.90. The van der Waals surface area contributed by atoms with Crippen molar-refractivity contribution in [1.29, 1.82) is 0 Å². The average molecular weight is 372 g/mol. The van der Waals surface area contributed by atoms with Crippen molar-refractivity contribution >= 4 is 22.2 Å². The highest BCUT2D eigenvalue weighted by molar-refractivity contribution is 7.90. The van der Waals surface area contributed by atoms with E-state index in [1.165, 1.54) is 0 Å². The van der Waals surface area contributed by atoms with E-state index in [1.54, 1.807) is 0 Å². The summed E-state index contributed by atoms with van der Waals surface area (Å²) >= 11 is 0. The fraction of sp³-hybridized carbons (Fsp3) is 0.857. The maximum absolute atomic E-state index is 13.2. The second-order valence-corrected chi connectivity index (χ2v) is 7.87. The molecule has 2 atom stereocenters. The van der Waals surface area contributed by atoms with E-state index in [9.17, 15) is 26.4 Å². The molecule has 1 saturated carbocycles. The van der Waals surface area contributed by atoms with E-state index >= 15 is 0 Å². The van der Waals surface area contributed by atoms with Gasteiger partial charge in [-0.1, -0.05) is 19.3 Å². The summed E-state index contributed by atoms with van der Waals surface area (Å²) in [6, 6.07) is -1.30. The quantitative estimate of drug-likeness (QED) is 0.636. The van der Waals surface area contributed by atoms with Crippen LogP contribution in [0.15, 0.2) is 4.40 Å². The van der Waals surface area contributed by atoms with Gasteiger partial charge in [-0.3, -0.25) is 4.79 Å². The highest BCUT2D eigenvalue weighted by Crippen LogP contribution is 2.41.